The molecule has 6 nitrogen and oxygen atoms in total. The predicted molar refractivity (Wildman–Crippen MR) is 95.9 cm³/mol. The summed E-state index contributed by atoms with van der Waals surface area (Å²) in [6.45, 7) is 5.85. The number of hydrogen-bond donors (Lipinski definition) is 1. The van der Waals surface area contributed by atoms with Crippen molar-refractivity contribution in [3.8, 4) is 0 Å². The van der Waals surface area contributed by atoms with E-state index in [0.717, 1.165) is 44.8 Å². The second-order valence-corrected chi connectivity index (χ2v) is 6.75. The Morgan fingerprint density at radius 1 is 1.23 bits per heavy atom. The van der Waals surface area contributed by atoms with Crippen molar-refractivity contribution in [2.24, 2.45) is 0 Å². The zero-order valence-electron chi connectivity index (χ0n) is 15.0. The fraction of sp³-hybridized carbons (Fsp3) is 0.500. The molecule has 0 amide bonds. The Bertz CT molecular complexity index is 679. The average Bonchev–Trinajstić information content (AvgIpc) is 2.95. The third kappa shape index (κ3) is 4.14. The van der Waals surface area contributed by atoms with E-state index in [4.69, 9.17) is 9.47 Å². The van der Waals surface area contributed by atoms with Crippen molar-refractivity contribution in [1.29, 1.82) is 0 Å². The lowest BCUT2D eigenvalue weighted by Crippen LogP contribution is -2.37. The van der Waals surface area contributed by atoms with Gasteiger partial charge >= 0.3 is 5.97 Å². The fourth-order valence-electron chi connectivity index (χ4n) is 3.37. The summed E-state index contributed by atoms with van der Waals surface area (Å²) < 4.78 is 10.5. The van der Waals surface area contributed by atoms with Gasteiger partial charge in [-0.1, -0.05) is 37.3 Å². The summed E-state index contributed by atoms with van der Waals surface area (Å²) in [5.74, 6) is -1.76. The number of Topliss-reactive ketones (excluding diaryl/α,β-unsaturated/α-hetero) is 1. The van der Waals surface area contributed by atoms with Gasteiger partial charge in [0.1, 0.15) is 11.3 Å². The molecule has 2 heterocycles. The van der Waals surface area contributed by atoms with E-state index in [-0.39, 0.29) is 11.3 Å². The van der Waals surface area contributed by atoms with Gasteiger partial charge in [-0.2, -0.15) is 0 Å². The van der Waals surface area contributed by atoms with Crippen molar-refractivity contribution in [3.05, 3.63) is 47.2 Å². The van der Waals surface area contributed by atoms with Crippen molar-refractivity contribution in [2.75, 3.05) is 32.8 Å². The number of ketones is 1. The minimum Gasteiger partial charge on any atom is -0.511 e. The van der Waals surface area contributed by atoms with E-state index in [1.54, 1.807) is 6.92 Å². The maximum absolute atomic E-state index is 12.6. The van der Waals surface area contributed by atoms with Gasteiger partial charge in [0.25, 0.3) is 0 Å². The fourth-order valence-corrected chi connectivity index (χ4v) is 3.37. The summed E-state index contributed by atoms with van der Waals surface area (Å²) in [4.78, 5) is 27.0. The van der Waals surface area contributed by atoms with E-state index in [2.05, 4.69) is 4.90 Å². The number of hydrogen-bond acceptors (Lipinski definition) is 6. The van der Waals surface area contributed by atoms with Crippen LogP contribution in [0.3, 0.4) is 0 Å². The smallest absolute Gasteiger partial charge is 0.346 e. The van der Waals surface area contributed by atoms with Gasteiger partial charge in [-0.15, -0.1) is 0 Å². The van der Waals surface area contributed by atoms with Crippen molar-refractivity contribution >= 4 is 11.8 Å². The number of ether oxygens (including phenoxy) is 2. The molecule has 1 N–H and O–H groups in total. The zero-order chi connectivity index (χ0) is 18.5. The third-order valence-electron chi connectivity index (χ3n) is 5.00. The number of morpholine rings is 1. The second kappa shape index (κ2) is 8.47. The Balaban J connectivity index is 1.62. The molecule has 2 aliphatic rings. The Hall–Kier alpha value is -2.18. The number of carbonyl (C=O) groups is 2. The predicted octanol–water partition coefficient (Wildman–Crippen LogP) is 2.21. The number of benzene rings is 1. The van der Waals surface area contributed by atoms with Crippen LogP contribution in [0, 0.1) is 0 Å². The quantitative estimate of drug-likeness (QED) is 0.363. The molecular formula is C20H25NO5. The van der Waals surface area contributed by atoms with Crippen molar-refractivity contribution < 1.29 is 24.2 Å². The standard InChI is InChI=1S/C20H25NO5/c1-14(15-6-3-2-4-7-15)18(22)17-19(23)16(26-20(17)24)8-5-9-21-10-12-25-13-11-21/h2-4,6-7,14,16,22H,5,8-13H2,1H3/b18-17+. The minimum absolute atomic E-state index is 0.197. The monoisotopic (exact) mass is 359 g/mol. The molecule has 6 heteroatoms. The highest BCUT2D eigenvalue weighted by atomic mass is 16.6. The van der Waals surface area contributed by atoms with Gasteiger partial charge in [0.05, 0.1) is 13.2 Å². The largest absolute Gasteiger partial charge is 0.511 e. The van der Waals surface area contributed by atoms with E-state index >= 15 is 0 Å². The Kier molecular flexibility index (Phi) is 6.06. The highest BCUT2D eigenvalue weighted by Gasteiger charge is 2.41. The molecule has 0 spiro atoms. The van der Waals surface area contributed by atoms with Crippen LogP contribution in [0.2, 0.25) is 0 Å². The first-order valence-electron chi connectivity index (χ1n) is 9.11. The van der Waals surface area contributed by atoms with Crippen molar-refractivity contribution in [3.63, 3.8) is 0 Å². The number of allylic oxidation sites excluding steroid dienone is 1. The van der Waals surface area contributed by atoms with Crippen molar-refractivity contribution in [2.45, 2.75) is 31.8 Å². The van der Waals surface area contributed by atoms with Crippen LogP contribution in [-0.2, 0) is 19.1 Å². The molecule has 2 unspecified atom stereocenters. The Labute approximate surface area is 153 Å². The van der Waals surface area contributed by atoms with Crippen LogP contribution in [-0.4, -0.2) is 60.7 Å². The number of aliphatic hydroxyl groups excluding tert-OH is 1. The lowest BCUT2D eigenvalue weighted by Gasteiger charge is -2.26. The highest BCUT2D eigenvalue weighted by Crippen LogP contribution is 2.30. The van der Waals surface area contributed by atoms with Gasteiger partial charge in [0.15, 0.2) is 6.10 Å². The number of cyclic esters (lactones) is 1. The van der Waals surface area contributed by atoms with Gasteiger partial charge in [0.2, 0.25) is 5.78 Å². The van der Waals surface area contributed by atoms with E-state index in [0.29, 0.717) is 6.42 Å². The first-order chi connectivity index (χ1) is 12.6. The van der Waals surface area contributed by atoms with Crippen LogP contribution < -0.4 is 0 Å². The molecule has 0 aromatic heterocycles. The number of carbonyl (C=O) groups excluding carboxylic acids is 2. The molecule has 1 aromatic rings. The average molecular weight is 359 g/mol. The molecule has 0 saturated carbocycles. The first-order valence-corrected chi connectivity index (χ1v) is 9.11. The Morgan fingerprint density at radius 3 is 2.62 bits per heavy atom. The first kappa shape index (κ1) is 18.6. The normalized spacial score (nSPS) is 24.4. The third-order valence-corrected chi connectivity index (χ3v) is 5.00. The van der Waals surface area contributed by atoms with Gasteiger partial charge in [0, 0.05) is 19.0 Å². The van der Waals surface area contributed by atoms with E-state index < -0.39 is 23.8 Å². The highest BCUT2D eigenvalue weighted by molar-refractivity contribution is 6.23. The summed E-state index contributed by atoms with van der Waals surface area (Å²) >= 11 is 0. The molecule has 3 rings (SSSR count). The molecule has 0 bridgehead atoms. The topological polar surface area (TPSA) is 76.1 Å². The molecule has 140 valence electrons. The molecule has 26 heavy (non-hydrogen) atoms. The molecule has 2 atom stereocenters. The Morgan fingerprint density at radius 2 is 1.92 bits per heavy atom. The summed E-state index contributed by atoms with van der Waals surface area (Å²) in [5.41, 5.74) is 0.645. The summed E-state index contributed by atoms with van der Waals surface area (Å²) in [6, 6.07) is 9.29. The van der Waals surface area contributed by atoms with Crippen LogP contribution in [0.5, 0.6) is 0 Å². The maximum Gasteiger partial charge on any atom is 0.346 e. The van der Waals surface area contributed by atoms with E-state index in [1.165, 1.54) is 0 Å². The van der Waals surface area contributed by atoms with Crippen LogP contribution in [0.15, 0.2) is 41.7 Å². The van der Waals surface area contributed by atoms with Gasteiger partial charge < -0.3 is 14.6 Å². The molecular weight excluding hydrogens is 334 g/mol. The van der Waals surface area contributed by atoms with Crippen molar-refractivity contribution in [1.82, 2.24) is 4.90 Å². The number of esters is 1. The molecule has 0 aliphatic carbocycles. The number of nitrogens with zero attached hydrogens (tertiary/aromatic N) is 1. The van der Waals surface area contributed by atoms with E-state index in [1.807, 2.05) is 30.3 Å². The van der Waals surface area contributed by atoms with Crippen LogP contribution >= 0.6 is 0 Å². The zero-order valence-corrected chi connectivity index (χ0v) is 15.0. The van der Waals surface area contributed by atoms with Gasteiger partial charge in [-0.05, 0) is 24.9 Å². The second-order valence-electron chi connectivity index (χ2n) is 6.75. The molecule has 1 aromatic carbocycles. The molecule has 2 fully saturated rings. The van der Waals surface area contributed by atoms with E-state index in [9.17, 15) is 14.7 Å². The summed E-state index contributed by atoms with van der Waals surface area (Å²) in [6.07, 6.45) is 0.438. The summed E-state index contributed by atoms with van der Waals surface area (Å²) in [7, 11) is 0. The lowest BCUT2D eigenvalue weighted by atomic mass is 9.94. The number of rotatable bonds is 6. The molecule has 2 aliphatic heterocycles. The maximum atomic E-state index is 12.6. The van der Waals surface area contributed by atoms with Crippen LogP contribution in [0.1, 0.15) is 31.2 Å². The summed E-state index contributed by atoms with van der Waals surface area (Å²) in [5, 5.41) is 10.5. The lowest BCUT2D eigenvalue weighted by molar-refractivity contribution is -0.141. The molecule has 0 radical (unpaired) electrons. The van der Waals surface area contributed by atoms with Crippen LogP contribution in [0.25, 0.3) is 0 Å². The number of aliphatic hydroxyl groups is 1. The van der Waals surface area contributed by atoms with Gasteiger partial charge in [-0.3, -0.25) is 9.69 Å². The SMILES string of the molecule is CC(/C(O)=C1\C(=O)OC(CCCN2CCOCC2)C1=O)c1ccccc1. The van der Waals surface area contributed by atoms with Crippen LogP contribution in [0.4, 0.5) is 0 Å². The molecule has 2 saturated heterocycles. The minimum atomic E-state index is -0.788. The van der Waals surface area contributed by atoms with Gasteiger partial charge in [-0.25, -0.2) is 4.79 Å².